The molecule has 1 aromatic heterocycles. The topological polar surface area (TPSA) is 30.7 Å². The van der Waals surface area contributed by atoms with Crippen molar-refractivity contribution >= 4 is 11.8 Å². The summed E-state index contributed by atoms with van der Waals surface area (Å²) >= 11 is 1.72. The number of nitrogens with zero attached hydrogens (tertiary/aromatic N) is 3. The van der Waals surface area contributed by atoms with E-state index in [1.54, 1.807) is 11.8 Å². The SMILES string of the molecule is Cc1cccc(CSc2nnc(-c3ccccc3C)n2-c2ccccc2C)c1. The molecule has 28 heavy (non-hydrogen) atoms. The van der Waals surface area contributed by atoms with Crippen LogP contribution in [0.1, 0.15) is 22.3 Å². The van der Waals surface area contributed by atoms with Crippen molar-refractivity contribution in [2.45, 2.75) is 31.7 Å². The second-order valence-corrected chi connectivity index (χ2v) is 7.96. The average Bonchev–Trinajstić information content (AvgIpc) is 3.11. The first-order valence-electron chi connectivity index (χ1n) is 9.39. The number of aryl methyl sites for hydroxylation is 3. The summed E-state index contributed by atoms with van der Waals surface area (Å²) in [4.78, 5) is 0. The van der Waals surface area contributed by atoms with Gasteiger partial charge in [-0.25, -0.2) is 0 Å². The summed E-state index contributed by atoms with van der Waals surface area (Å²) in [6.07, 6.45) is 0. The Labute approximate surface area is 170 Å². The van der Waals surface area contributed by atoms with Crippen molar-refractivity contribution in [2.24, 2.45) is 0 Å². The van der Waals surface area contributed by atoms with Gasteiger partial charge in [0.05, 0.1) is 5.69 Å². The lowest BCUT2D eigenvalue weighted by Gasteiger charge is -2.14. The number of thioether (sulfide) groups is 1. The number of benzene rings is 3. The minimum absolute atomic E-state index is 0.861. The lowest BCUT2D eigenvalue weighted by Crippen LogP contribution is -2.02. The predicted octanol–water partition coefficient (Wildman–Crippen LogP) is 6.15. The van der Waals surface area contributed by atoms with Gasteiger partial charge in [0.15, 0.2) is 11.0 Å². The fourth-order valence-corrected chi connectivity index (χ4v) is 4.23. The number of aromatic nitrogens is 3. The van der Waals surface area contributed by atoms with Gasteiger partial charge in [-0.3, -0.25) is 4.57 Å². The average molecular weight is 386 g/mol. The Kier molecular flexibility index (Phi) is 5.31. The van der Waals surface area contributed by atoms with Gasteiger partial charge in [0.25, 0.3) is 0 Å². The molecule has 0 saturated heterocycles. The molecule has 0 bridgehead atoms. The smallest absolute Gasteiger partial charge is 0.196 e. The quantitative estimate of drug-likeness (QED) is 0.386. The number of hydrogen-bond acceptors (Lipinski definition) is 3. The van der Waals surface area contributed by atoms with Crippen LogP contribution in [-0.2, 0) is 5.75 Å². The summed E-state index contributed by atoms with van der Waals surface area (Å²) in [5.74, 6) is 1.75. The standard InChI is InChI=1S/C24H23N3S/c1-17-9-8-12-20(15-17)16-28-24-26-25-23(21-13-6-4-10-18(21)2)27(24)22-14-7-5-11-19(22)3/h4-15H,16H2,1-3H3. The first-order valence-corrected chi connectivity index (χ1v) is 10.4. The maximum atomic E-state index is 4.59. The van der Waals surface area contributed by atoms with Crippen LogP contribution in [0.3, 0.4) is 0 Å². The normalized spacial score (nSPS) is 11.0. The van der Waals surface area contributed by atoms with Crippen molar-refractivity contribution in [2.75, 3.05) is 0 Å². The van der Waals surface area contributed by atoms with Gasteiger partial charge in [-0.05, 0) is 43.5 Å². The summed E-state index contributed by atoms with van der Waals surface area (Å²) in [6.45, 7) is 6.37. The minimum Gasteiger partial charge on any atom is -0.270 e. The molecule has 4 aromatic rings. The molecule has 3 aromatic carbocycles. The number of rotatable bonds is 5. The van der Waals surface area contributed by atoms with Crippen molar-refractivity contribution in [3.8, 4) is 17.1 Å². The Bertz CT molecular complexity index is 1110. The van der Waals surface area contributed by atoms with Crippen molar-refractivity contribution in [3.63, 3.8) is 0 Å². The lowest BCUT2D eigenvalue weighted by atomic mass is 10.1. The van der Waals surface area contributed by atoms with E-state index in [-0.39, 0.29) is 0 Å². The van der Waals surface area contributed by atoms with Crippen LogP contribution < -0.4 is 0 Å². The van der Waals surface area contributed by atoms with Gasteiger partial charge >= 0.3 is 0 Å². The van der Waals surface area contributed by atoms with Crippen LogP contribution in [0.25, 0.3) is 17.1 Å². The lowest BCUT2D eigenvalue weighted by molar-refractivity contribution is 0.880. The van der Waals surface area contributed by atoms with Crippen LogP contribution in [0.2, 0.25) is 0 Å². The molecule has 0 spiro atoms. The Morgan fingerprint density at radius 1 is 0.786 bits per heavy atom. The summed E-state index contributed by atoms with van der Waals surface area (Å²) in [6, 6.07) is 25.4. The summed E-state index contributed by atoms with van der Waals surface area (Å²) in [5, 5.41) is 10.1. The molecule has 4 heteroatoms. The summed E-state index contributed by atoms with van der Waals surface area (Å²) in [5.41, 5.74) is 7.20. The molecular formula is C24H23N3S. The van der Waals surface area contributed by atoms with E-state index in [0.717, 1.165) is 28.0 Å². The van der Waals surface area contributed by atoms with Gasteiger partial charge in [-0.2, -0.15) is 0 Å². The van der Waals surface area contributed by atoms with Gasteiger partial charge in [0.2, 0.25) is 0 Å². The fraction of sp³-hybridized carbons (Fsp3) is 0.167. The molecule has 1 heterocycles. The maximum Gasteiger partial charge on any atom is 0.196 e. The van der Waals surface area contributed by atoms with Gasteiger partial charge in [-0.15, -0.1) is 10.2 Å². The Hall–Kier alpha value is -2.85. The van der Waals surface area contributed by atoms with Crippen molar-refractivity contribution in [1.29, 1.82) is 0 Å². The third kappa shape index (κ3) is 3.73. The highest BCUT2D eigenvalue weighted by molar-refractivity contribution is 7.98. The van der Waals surface area contributed by atoms with Gasteiger partial charge in [-0.1, -0.05) is 84.1 Å². The molecule has 0 amide bonds. The van der Waals surface area contributed by atoms with Crippen LogP contribution in [0.5, 0.6) is 0 Å². The fourth-order valence-electron chi connectivity index (χ4n) is 3.34. The molecule has 0 aliphatic rings. The zero-order valence-electron chi connectivity index (χ0n) is 16.4. The monoisotopic (exact) mass is 385 g/mol. The number of para-hydroxylation sites is 1. The largest absolute Gasteiger partial charge is 0.270 e. The van der Waals surface area contributed by atoms with E-state index in [4.69, 9.17) is 0 Å². The molecule has 4 rings (SSSR count). The molecule has 0 N–H and O–H groups in total. The van der Waals surface area contributed by atoms with Crippen LogP contribution in [0.15, 0.2) is 78.0 Å². The van der Waals surface area contributed by atoms with Crippen LogP contribution in [-0.4, -0.2) is 14.8 Å². The van der Waals surface area contributed by atoms with E-state index < -0.39 is 0 Å². The molecular weight excluding hydrogens is 362 g/mol. The van der Waals surface area contributed by atoms with Crippen molar-refractivity contribution in [3.05, 3.63) is 95.1 Å². The molecule has 0 aliphatic heterocycles. The molecule has 0 fully saturated rings. The molecule has 0 saturated carbocycles. The van der Waals surface area contributed by atoms with E-state index in [0.29, 0.717) is 0 Å². The van der Waals surface area contributed by atoms with Gasteiger partial charge in [0, 0.05) is 11.3 Å². The molecule has 0 radical (unpaired) electrons. The Morgan fingerprint density at radius 2 is 1.54 bits per heavy atom. The van der Waals surface area contributed by atoms with Crippen LogP contribution in [0, 0.1) is 20.8 Å². The van der Waals surface area contributed by atoms with Gasteiger partial charge in [0.1, 0.15) is 0 Å². The second-order valence-electron chi connectivity index (χ2n) is 7.02. The van der Waals surface area contributed by atoms with E-state index >= 15 is 0 Å². The first kappa shape index (κ1) is 18.5. The number of hydrogen-bond donors (Lipinski definition) is 0. The molecule has 0 unspecified atom stereocenters. The summed E-state index contributed by atoms with van der Waals surface area (Å²) < 4.78 is 2.19. The first-order chi connectivity index (χ1) is 13.6. The van der Waals surface area contributed by atoms with E-state index in [1.165, 1.54) is 22.3 Å². The van der Waals surface area contributed by atoms with E-state index in [2.05, 4.69) is 108 Å². The highest BCUT2D eigenvalue weighted by Gasteiger charge is 2.18. The van der Waals surface area contributed by atoms with E-state index in [1.807, 2.05) is 0 Å². The maximum absolute atomic E-state index is 4.59. The minimum atomic E-state index is 0.861. The Balaban J connectivity index is 1.79. The summed E-state index contributed by atoms with van der Waals surface area (Å²) in [7, 11) is 0. The predicted molar refractivity (Wildman–Crippen MR) is 117 cm³/mol. The highest BCUT2D eigenvalue weighted by atomic mass is 32.2. The van der Waals surface area contributed by atoms with Crippen molar-refractivity contribution in [1.82, 2.24) is 14.8 Å². The zero-order valence-corrected chi connectivity index (χ0v) is 17.2. The van der Waals surface area contributed by atoms with Crippen LogP contribution >= 0.6 is 11.8 Å². The van der Waals surface area contributed by atoms with E-state index in [9.17, 15) is 0 Å². The third-order valence-corrected chi connectivity index (χ3v) is 5.83. The zero-order chi connectivity index (χ0) is 19.5. The Morgan fingerprint density at radius 3 is 2.29 bits per heavy atom. The van der Waals surface area contributed by atoms with Crippen LogP contribution in [0.4, 0.5) is 0 Å². The molecule has 3 nitrogen and oxygen atoms in total. The molecule has 0 atom stereocenters. The third-order valence-electron chi connectivity index (χ3n) is 4.83. The second kappa shape index (κ2) is 8.03. The highest BCUT2D eigenvalue weighted by Crippen LogP contribution is 2.32. The molecule has 0 aliphatic carbocycles. The van der Waals surface area contributed by atoms with Gasteiger partial charge < -0.3 is 0 Å². The molecule has 140 valence electrons. The van der Waals surface area contributed by atoms with Crippen molar-refractivity contribution < 1.29 is 0 Å².